The largest absolute Gasteiger partial charge is 0.425 e. The van der Waals surface area contributed by atoms with Gasteiger partial charge in [0.05, 0.1) is 6.42 Å². The van der Waals surface area contributed by atoms with Gasteiger partial charge in [-0.2, -0.15) is 13.2 Å². The van der Waals surface area contributed by atoms with Crippen LogP contribution in [0.1, 0.15) is 17.8 Å². The molecule has 2 aromatic rings. The second kappa shape index (κ2) is 7.92. The molecule has 3 rings (SSSR count). The number of halogens is 3. The number of rotatable bonds is 5. The molecule has 1 saturated heterocycles. The average Bonchev–Trinajstić information content (AvgIpc) is 3.08. The molecule has 6 nitrogen and oxygen atoms in total. The van der Waals surface area contributed by atoms with Crippen LogP contribution in [0.15, 0.2) is 42.7 Å². The van der Waals surface area contributed by atoms with E-state index in [4.69, 9.17) is 0 Å². The number of aryl methyl sites for hydroxylation is 1. The van der Waals surface area contributed by atoms with Crippen molar-refractivity contribution in [2.75, 3.05) is 26.2 Å². The van der Waals surface area contributed by atoms with Crippen molar-refractivity contribution in [3.63, 3.8) is 0 Å². The number of aliphatic hydroxyl groups is 1. The van der Waals surface area contributed by atoms with Crippen LogP contribution in [0.4, 0.5) is 13.2 Å². The number of nitrogens with zero attached hydrogens (tertiary/aromatic N) is 4. The van der Waals surface area contributed by atoms with Crippen molar-refractivity contribution in [3.8, 4) is 0 Å². The van der Waals surface area contributed by atoms with Gasteiger partial charge in [0.25, 0.3) is 0 Å². The van der Waals surface area contributed by atoms with E-state index < -0.39 is 29.9 Å². The molecule has 152 valence electrons. The molecule has 28 heavy (non-hydrogen) atoms. The topological polar surface area (TPSA) is 61.6 Å². The zero-order valence-corrected chi connectivity index (χ0v) is 15.6. The van der Waals surface area contributed by atoms with E-state index in [-0.39, 0.29) is 0 Å². The molecule has 0 bridgehead atoms. The molecule has 1 atom stereocenters. The molecule has 1 amide bonds. The van der Waals surface area contributed by atoms with Crippen LogP contribution in [0.5, 0.6) is 0 Å². The molecule has 1 unspecified atom stereocenters. The number of hydrogen-bond acceptors (Lipinski definition) is 4. The summed E-state index contributed by atoms with van der Waals surface area (Å²) in [5, 5.41) is 10.4. The van der Waals surface area contributed by atoms with E-state index >= 15 is 0 Å². The highest BCUT2D eigenvalue weighted by molar-refractivity contribution is 5.77. The lowest BCUT2D eigenvalue weighted by Crippen LogP contribution is -2.52. The Balaban J connectivity index is 1.63. The van der Waals surface area contributed by atoms with Crippen molar-refractivity contribution in [1.82, 2.24) is 19.4 Å². The molecule has 1 aliphatic rings. The summed E-state index contributed by atoms with van der Waals surface area (Å²) < 4.78 is 41.9. The molecule has 0 aliphatic carbocycles. The molecule has 1 fully saturated rings. The first kappa shape index (κ1) is 20.3. The standard InChI is InChI=1S/C19H23F3N4O2/c1-24-8-7-23-17(24)18(28,19(20,21)22)13-16(27)26-11-9-25(10-12-26)14-15-5-3-2-4-6-15/h2-8,28H,9-14H2,1H3. The van der Waals surface area contributed by atoms with Crippen LogP contribution >= 0.6 is 0 Å². The number of hydrogen-bond donors (Lipinski definition) is 1. The Morgan fingerprint density at radius 1 is 1.14 bits per heavy atom. The summed E-state index contributed by atoms with van der Waals surface area (Å²) in [5.41, 5.74) is -2.17. The Kier molecular flexibility index (Phi) is 5.76. The Morgan fingerprint density at radius 3 is 2.32 bits per heavy atom. The van der Waals surface area contributed by atoms with Crippen molar-refractivity contribution < 1.29 is 23.1 Å². The lowest BCUT2D eigenvalue weighted by molar-refractivity contribution is -0.272. The lowest BCUT2D eigenvalue weighted by Gasteiger charge is -2.37. The Hall–Kier alpha value is -2.39. The van der Waals surface area contributed by atoms with E-state index in [9.17, 15) is 23.1 Å². The van der Waals surface area contributed by atoms with Gasteiger partial charge in [-0.05, 0) is 5.56 Å². The molecule has 2 heterocycles. The smallest absolute Gasteiger partial charge is 0.374 e. The number of amides is 1. The van der Waals surface area contributed by atoms with Crippen LogP contribution in [0.2, 0.25) is 0 Å². The molecule has 0 saturated carbocycles. The predicted molar refractivity (Wildman–Crippen MR) is 96.1 cm³/mol. The van der Waals surface area contributed by atoms with Crippen LogP contribution in [-0.2, 0) is 24.0 Å². The highest BCUT2D eigenvalue weighted by Crippen LogP contribution is 2.41. The average molecular weight is 396 g/mol. The minimum atomic E-state index is -5.02. The molecular formula is C19H23F3N4O2. The molecule has 0 spiro atoms. The SMILES string of the molecule is Cn1ccnc1C(O)(CC(=O)N1CCN(Cc2ccccc2)CC1)C(F)(F)F. The van der Waals surface area contributed by atoms with Crippen LogP contribution in [0, 0.1) is 0 Å². The van der Waals surface area contributed by atoms with E-state index in [0.29, 0.717) is 26.2 Å². The molecule has 0 radical (unpaired) electrons. The first-order chi connectivity index (χ1) is 13.2. The maximum atomic E-state index is 13.6. The normalized spacial score (nSPS) is 18.1. The lowest BCUT2D eigenvalue weighted by atomic mass is 9.96. The van der Waals surface area contributed by atoms with Crippen LogP contribution in [-0.4, -0.2) is 62.7 Å². The number of alkyl halides is 3. The van der Waals surface area contributed by atoms with E-state index in [1.54, 1.807) is 0 Å². The van der Waals surface area contributed by atoms with Crippen LogP contribution < -0.4 is 0 Å². The Bertz CT molecular complexity index is 801. The van der Waals surface area contributed by atoms with Gasteiger partial charge in [-0.1, -0.05) is 30.3 Å². The highest BCUT2D eigenvalue weighted by atomic mass is 19.4. The van der Waals surface area contributed by atoms with Crippen molar-refractivity contribution in [1.29, 1.82) is 0 Å². The van der Waals surface area contributed by atoms with E-state index in [1.165, 1.54) is 24.3 Å². The first-order valence-corrected chi connectivity index (χ1v) is 9.01. The Labute approximate surface area is 161 Å². The molecular weight excluding hydrogens is 373 g/mol. The summed E-state index contributed by atoms with van der Waals surface area (Å²) >= 11 is 0. The van der Waals surface area contributed by atoms with Crippen molar-refractivity contribution >= 4 is 5.91 Å². The quantitative estimate of drug-likeness (QED) is 0.839. The van der Waals surface area contributed by atoms with Gasteiger partial charge in [0.2, 0.25) is 11.5 Å². The molecule has 1 aromatic carbocycles. The van der Waals surface area contributed by atoms with Crippen molar-refractivity contribution in [2.24, 2.45) is 7.05 Å². The number of carbonyl (C=O) groups excluding carboxylic acids is 1. The fourth-order valence-corrected chi connectivity index (χ4v) is 3.40. The summed E-state index contributed by atoms with van der Waals surface area (Å²) in [6.07, 6.45) is -3.63. The second-order valence-corrected chi connectivity index (χ2v) is 7.04. The number of benzene rings is 1. The first-order valence-electron chi connectivity index (χ1n) is 9.01. The zero-order chi connectivity index (χ0) is 20.4. The zero-order valence-electron chi connectivity index (χ0n) is 15.6. The number of aromatic nitrogens is 2. The van der Waals surface area contributed by atoms with Crippen molar-refractivity contribution in [3.05, 3.63) is 54.1 Å². The van der Waals surface area contributed by atoms with Gasteiger partial charge in [0.1, 0.15) is 0 Å². The van der Waals surface area contributed by atoms with Gasteiger partial charge >= 0.3 is 6.18 Å². The summed E-state index contributed by atoms with van der Waals surface area (Å²) in [5.74, 6) is -1.32. The summed E-state index contributed by atoms with van der Waals surface area (Å²) in [6, 6.07) is 9.85. The van der Waals surface area contributed by atoms with E-state index in [1.807, 2.05) is 30.3 Å². The molecule has 1 N–H and O–H groups in total. The van der Waals surface area contributed by atoms with Gasteiger partial charge in [0, 0.05) is 52.2 Å². The monoisotopic (exact) mass is 396 g/mol. The minimum Gasteiger partial charge on any atom is -0.374 e. The number of imidazole rings is 1. The van der Waals surface area contributed by atoms with E-state index in [0.717, 1.165) is 16.7 Å². The predicted octanol–water partition coefficient (Wildman–Crippen LogP) is 1.90. The van der Waals surface area contributed by atoms with Gasteiger partial charge in [-0.25, -0.2) is 4.98 Å². The number of carbonyl (C=O) groups is 1. The third kappa shape index (κ3) is 4.20. The second-order valence-electron chi connectivity index (χ2n) is 7.04. The summed E-state index contributed by atoms with van der Waals surface area (Å²) in [4.78, 5) is 19.7. The fraction of sp³-hybridized carbons (Fsp3) is 0.474. The molecule has 1 aliphatic heterocycles. The third-order valence-corrected chi connectivity index (χ3v) is 5.04. The van der Waals surface area contributed by atoms with Gasteiger partial charge in [-0.3, -0.25) is 9.69 Å². The van der Waals surface area contributed by atoms with Crippen LogP contribution in [0.3, 0.4) is 0 Å². The van der Waals surface area contributed by atoms with Gasteiger partial charge < -0.3 is 14.6 Å². The maximum absolute atomic E-state index is 13.6. The Morgan fingerprint density at radius 2 is 1.79 bits per heavy atom. The molecule has 1 aromatic heterocycles. The van der Waals surface area contributed by atoms with Gasteiger partial charge in [0.15, 0.2) is 5.82 Å². The van der Waals surface area contributed by atoms with Gasteiger partial charge in [-0.15, -0.1) is 0 Å². The van der Waals surface area contributed by atoms with Crippen molar-refractivity contribution in [2.45, 2.75) is 24.7 Å². The maximum Gasteiger partial charge on any atom is 0.425 e. The fourth-order valence-electron chi connectivity index (χ4n) is 3.40. The summed E-state index contributed by atoms with van der Waals surface area (Å²) in [6.45, 7) is 2.49. The third-order valence-electron chi connectivity index (χ3n) is 5.04. The van der Waals surface area contributed by atoms with Crippen LogP contribution in [0.25, 0.3) is 0 Å². The number of piperazine rings is 1. The molecule has 9 heteroatoms. The summed E-state index contributed by atoms with van der Waals surface area (Å²) in [7, 11) is 1.35. The van der Waals surface area contributed by atoms with E-state index in [2.05, 4.69) is 9.88 Å². The minimum absolute atomic E-state index is 0.320. The highest BCUT2D eigenvalue weighted by Gasteiger charge is 2.59.